The van der Waals surface area contributed by atoms with Crippen molar-refractivity contribution in [3.63, 3.8) is 0 Å². The maximum Gasteiger partial charge on any atom is 0.220 e. The zero-order valence-electron chi connectivity index (χ0n) is 9.42. The van der Waals surface area contributed by atoms with E-state index < -0.39 is 11.6 Å². The van der Waals surface area contributed by atoms with Gasteiger partial charge in [0.2, 0.25) is 5.90 Å². The van der Waals surface area contributed by atoms with Gasteiger partial charge in [0.1, 0.15) is 17.7 Å². The summed E-state index contributed by atoms with van der Waals surface area (Å²) in [6.07, 6.45) is -0.119. The lowest BCUT2D eigenvalue weighted by molar-refractivity contribution is 0.175. The van der Waals surface area contributed by atoms with E-state index in [1.165, 1.54) is 12.1 Å². The number of aliphatic imine (C=N–C) groups is 1. The molecule has 4 heteroatoms. The minimum atomic E-state index is -0.649. The molecule has 16 heavy (non-hydrogen) atoms. The molecular weight excluding hydrogens is 212 g/mol. The summed E-state index contributed by atoms with van der Waals surface area (Å²) in [5.41, 5.74) is -0.172. The number of ether oxygens (including phenoxy) is 1. The van der Waals surface area contributed by atoms with Crippen LogP contribution in [0, 0.1) is 11.6 Å². The molecular formula is C12H13F2NO. The van der Waals surface area contributed by atoms with Crippen molar-refractivity contribution < 1.29 is 13.5 Å². The molecule has 1 heterocycles. The molecule has 0 aliphatic carbocycles. The molecule has 2 rings (SSSR count). The maximum atomic E-state index is 13.5. The van der Waals surface area contributed by atoms with Crippen molar-refractivity contribution in [3.05, 3.63) is 35.4 Å². The number of hydrogen-bond donors (Lipinski definition) is 0. The van der Waals surface area contributed by atoms with E-state index in [9.17, 15) is 8.78 Å². The van der Waals surface area contributed by atoms with Crippen LogP contribution in [0.15, 0.2) is 23.2 Å². The first-order chi connectivity index (χ1) is 7.40. The molecule has 0 saturated heterocycles. The molecule has 0 amide bonds. The third-order valence-electron chi connectivity index (χ3n) is 2.83. The van der Waals surface area contributed by atoms with Gasteiger partial charge in [0, 0.05) is 6.07 Å². The quantitative estimate of drug-likeness (QED) is 0.720. The lowest BCUT2D eigenvalue weighted by Crippen LogP contribution is -2.28. The zero-order valence-corrected chi connectivity index (χ0v) is 9.42. The lowest BCUT2D eigenvalue weighted by atomic mass is 10.0. The molecule has 0 spiro atoms. The molecule has 86 valence electrons. The van der Waals surface area contributed by atoms with Gasteiger partial charge in [-0.05, 0) is 32.9 Å². The lowest BCUT2D eigenvalue weighted by Gasteiger charge is -2.18. The number of rotatable bonds is 1. The Kier molecular flexibility index (Phi) is 2.45. The largest absolute Gasteiger partial charge is 0.472 e. The molecule has 1 atom stereocenters. The number of halogens is 2. The molecule has 0 saturated carbocycles. The third-order valence-corrected chi connectivity index (χ3v) is 2.83. The Bertz CT molecular complexity index is 454. The van der Waals surface area contributed by atoms with Crippen molar-refractivity contribution in [1.29, 1.82) is 0 Å². The third kappa shape index (κ3) is 1.79. The van der Waals surface area contributed by atoms with Gasteiger partial charge in [0.05, 0.1) is 11.1 Å². The van der Waals surface area contributed by atoms with Crippen LogP contribution in [-0.4, -0.2) is 17.5 Å². The summed E-state index contributed by atoms with van der Waals surface area (Å²) in [5.74, 6) is -1.01. The molecule has 1 unspecified atom stereocenters. The van der Waals surface area contributed by atoms with E-state index in [1.807, 2.05) is 20.8 Å². The zero-order chi connectivity index (χ0) is 11.9. The predicted octanol–water partition coefficient (Wildman–Crippen LogP) is 2.91. The molecule has 0 fully saturated rings. The van der Waals surface area contributed by atoms with E-state index in [-0.39, 0.29) is 23.1 Å². The average molecular weight is 225 g/mol. The fourth-order valence-electron chi connectivity index (χ4n) is 1.48. The van der Waals surface area contributed by atoms with Crippen LogP contribution in [0.3, 0.4) is 0 Å². The standard InChI is InChI=1S/C12H13F2NO/c1-7-12(2,3)15-11(16-7)9-5-4-8(13)6-10(9)14/h4-7H,1-3H3. The molecule has 0 aromatic heterocycles. The summed E-state index contributed by atoms with van der Waals surface area (Å²) in [6, 6.07) is 3.37. The van der Waals surface area contributed by atoms with E-state index in [2.05, 4.69) is 4.99 Å². The molecule has 1 aliphatic rings. The first-order valence-corrected chi connectivity index (χ1v) is 5.12. The summed E-state index contributed by atoms with van der Waals surface area (Å²) in [6.45, 7) is 5.69. The van der Waals surface area contributed by atoms with E-state index in [0.717, 1.165) is 6.07 Å². The first-order valence-electron chi connectivity index (χ1n) is 5.12. The second-order valence-corrected chi connectivity index (χ2v) is 4.45. The highest BCUT2D eigenvalue weighted by atomic mass is 19.1. The van der Waals surface area contributed by atoms with Crippen molar-refractivity contribution in [3.8, 4) is 0 Å². The summed E-state index contributed by atoms with van der Waals surface area (Å²) in [7, 11) is 0. The summed E-state index contributed by atoms with van der Waals surface area (Å²) in [5, 5.41) is 0. The maximum absolute atomic E-state index is 13.5. The van der Waals surface area contributed by atoms with Gasteiger partial charge in [-0.2, -0.15) is 0 Å². The van der Waals surface area contributed by atoms with Crippen LogP contribution < -0.4 is 0 Å². The Morgan fingerprint density at radius 2 is 2.00 bits per heavy atom. The smallest absolute Gasteiger partial charge is 0.220 e. The van der Waals surface area contributed by atoms with Crippen LogP contribution >= 0.6 is 0 Å². The van der Waals surface area contributed by atoms with Crippen molar-refractivity contribution in [2.24, 2.45) is 4.99 Å². The van der Waals surface area contributed by atoms with Crippen LogP contribution in [-0.2, 0) is 4.74 Å². The Morgan fingerprint density at radius 3 is 2.50 bits per heavy atom. The molecule has 0 radical (unpaired) electrons. The molecule has 0 N–H and O–H groups in total. The van der Waals surface area contributed by atoms with Crippen molar-refractivity contribution in [1.82, 2.24) is 0 Å². The van der Waals surface area contributed by atoms with Gasteiger partial charge in [-0.1, -0.05) is 0 Å². The van der Waals surface area contributed by atoms with Crippen LogP contribution in [0.25, 0.3) is 0 Å². The summed E-state index contributed by atoms with van der Waals surface area (Å²) in [4.78, 5) is 4.29. The molecule has 0 bridgehead atoms. The van der Waals surface area contributed by atoms with Gasteiger partial charge in [-0.15, -0.1) is 0 Å². The van der Waals surface area contributed by atoms with E-state index >= 15 is 0 Å². The fourth-order valence-corrected chi connectivity index (χ4v) is 1.48. The van der Waals surface area contributed by atoms with Gasteiger partial charge >= 0.3 is 0 Å². The number of benzene rings is 1. The second-order valence-electron chi connectivity index (χ2n) is 4.45. The highest BCUT2D eigenvalue weighted by Crippen LogP contribution is 2.28. The Labute approximate surface area is 93.0 Å². The Hall–Kier alpha value is -1.45. The minimum absolute atomic E-state index is 0.119. The van der Waals surface area contributed by atoms with Crippen LogP contribution in [0.4, 0.5) is 8.78 Å². The monoisotopic (exact) mass is 225 g/mol. The molecule has 1 aliphatic heterocycles. The van der Waals surface area contributed by atoms with Gasteiger partial charge in [-0.3, -0.25) is 0 Å². The predicted molar refractivity (Wildman–Crippen MR) is 57.5 cm³/mol. The Balaban J connectivity index is 2.40. The number of nitrogens with zero attached hydrogens (tertiary/aromatic N) is 1. The van der Waals surface area contributed by atoms with Gasteiger partial charge in [-0.25, -0.2) is 13.8 Å². The van der Waals surface area contributed by atoms with Gasteiger partial charge in [0.15, 0.2) is 0 Å². The highest BCUT2D eigenvalue weighted by Gasteiger charge is 2.35. The normalized spacial score (nSPS) is 22.8. The average Bonchev–Trinajstić information content (AvgIpc) is 2.40. The van der Waals surface area contributed by atoms with Crippen molar-refractivity contribution in [2.45, 2.75) is 32.4 Å². The van der Waals surface area contributed by atoms with Gasteiger partial charge < -0.3 is 4.74 Å². The van der Waals surface area contributed by atoms with E-state index in [4.69, 9.17) is 4.74 Å². The minimum Gasteiger partial charge on any atom is -0.472 e. The molecule has 2 nitrogen and oxygen atoms in total. The highest BCUT2D eigenvalue weighted by molar-refractivity contribution is 5.95. The van der Waals surface area contributed by atoms with Crippen LogP contribution in [0.2, 0.25) is 0 Å². The fraction of sp³-hybridized carbons (Fsp3) is 0.417. The van der Waals surface area contributed by atoms with E-state index in [0.29, 0.717) is 0 Å². The second kappa shape index (κ2) is 3.54. The molecule has 1 aromatic carbocycles. The van der Waals surface area contributed by atoms with Gasteiger partial charge in [0.25, 0.3) is 0 Å². The van der Waals surface area contributed by atoms with Crippen LogP contribution in [0.1, 0.15) is 26.3 Å². The molecule has 1 aromatic rings. The topological polar surface area (TPSA) is 21.6 Å². The van der Waals surface area contributed by atoms with Crippen molar-refractivity contribution in [2.75, 3.05) is 0 Å². The summed E-state index contributed by atoms with van der Waals surface area (Å²) < 4.78 is 31.7. The summed E-state index contributed by atoms with van der Waals surface area (Å²) >= 11 is 0. The van der Waals surface area contributed by atoms with E-state index in [1.54, 1.807) is 0 Å². The SMILES string of the molecule is CC1OC(c2ccc(F)cc2F)=NC1(C)C. The van der Waals surface area contributed by atoms with Crippen molar-refractivity contribution >= 4 is 5.90 Å². The first kappa shape index (κ1) is 11.0. The number of hydrogen-bond acceptors (Lipinski definition) is 2. The van der Waals surface area contributed by atoms with Crippen LogP contribution in [0.5, 0.6) is 0 Å². The Morgan fingerprint density at radius 1 is 1.31 bits per heavy atom.